The average Bonchev–Trinajstić information content (AvgIpc) is 2.79. The summed E-state index contributed by atoms with van der Waals surface area (Å²) in [6.07, 6.45) is 1.58. The number of rotatable bonds is 4. The van der Waals surface area contributed by atoms with E-state index in [1.54, 1.807) is 12.3 Å². The van der Waals surface area contributed by atoms with Crippen molar-refractivity contribution in [1.82, 2.24) is 15.0 Å². The van der Waals surface area contributed by atoms with Crippen molar-refractivity contribution in [2.45, 2.75) is 13.2 Å². The molecule has 1 aromatic heterocycles. The molecule has 18 heavy (non-hydrogen) atoms. The largest absolute Gasteiger partial charge is 0.390 e. The van der Waals surface area contributed by atoms with Crippen molar-refractivity contribution >= 4 is 17.3 Å². The number of aromatic nitrogens is 3. The van der Waals surface area contributed by atoms with E-state index in [1.807, 2.05) is 0 Å². The van der Waals surface area contributed by atoms with Crippen LogP contribution < -0.4 is 0 Å². The molecule has 0 saturated carbocycles. The van der Waals surface area contributed by atoms with Crippen molar-refractivity contribution in [1.29, 1.82) is 0 Å². The summed E-state index contributed by atoms with van der Waals surface area (Å²) >= 11 is 5.95. The topological polar surface area (TPSA) is 94.1 Å². The van der Waals surface area contributed by atoms with Gasteiger partial charge >= 0.3 is 0 Å². The molecule has 1 heterocycles. The van der Waals surface area contributed by atoms with Gasteiger partial charge in [-0.15, -0.1) is 5.10 Å². The molecule has 0 aliphatic carbocycles. The molecule has 0 fully saturated rings. The van der Waals surface area contributed by atoms with E-state index >= 15 is 0 Å². The molecular weight excluding hydrogens is 260 g/mol. The summed E-state index contributed by atoms with van der Waals surface area (Å²) in [4.78, 5) is 10.1. The van der Waals surface area contributed by atoms with Gasteiger partial charge in [0.15, 0.2) is 0 Å². The van der Waals surface area contributed by atoms with Crippen LogP contribution in [0.25, 0.3) is 0 Å². The number of non-ortho nitro benzene ring substituents is 1. The van der Waals surface area contributed by atoms with Crippen LogP contribution in [0.2, 0.25) is 5.02 Å². The molecule has 94 valence electrons. The van der Waals surface area contributed by atoms with Crippen molar-refractivity contribution in [3.05, 3.63) is 50.8 Å². The minimum absolute atomic E-state index is 0.0570. The van der Waals surface area contributed by atoms with Gasteiger partial charge in [0.25, 0.3) is 5.69 Å². The SMILES string of the molecule is O=[N+]([O-])c1ccc(Cn2cc(CO)nn2)c(Cl)c1. The standard InChI is InChI=1S/C10H9ClN4O3/c11-10-3-9(15(17)18)2-1-7(10)4-14-5-8(6-16)12-13-14/h1-3,5,16H,4,6H2. The monoisotopic (exact) mass is 268 g/mol. The van der Waals surface area contributed by atoms with E-state index in [4.69, 9.17) is 16.7 Å². The zero-order valence-corrected chi connectivity index (χ0v) is 9.91. The minimum Gasteiger partial charge on any atom is -0.390 e. The van der Waals surface area contributed by atoms with Gasteiger partial charge in [0, 0.05) is 12.1 Å². The van der Waals surface area contributed by atoms with Crippen LogP contribution in [-0.4, -0.2) is 25.0 Å². The van der Waals surface area contributed by atoms with Crippen molar-refractivity contribution in [3.8, 4) is 0 Å². The Hall–Kier alpha value is -1.99. The van der Waals surface area contributed by atoms with E-state index in [0.29, 0.717) is 22.8 Å². The van der Waals surface area contributed by atoms with Gasteiger partial charge in [-0.1, -0.05) is 16.8 Å². The van der Waals surface area contributed by atoms with Gasteiger partial charge in [-0.05, 0) is 11.6 Å². The number of hydrogen-bond donors (Lipinski definition) is 1. The highest BCUT2D eigenvalue weighted by molar-refractivity contribution is 6.31. The molecule has 1 N–H and O–H groups in total. The number of nitro groups is 1. The fraction of sp³-hybridized carbons (Fsp3) is 0.200. The van der Waals surface area contributed by atoms with Crippen molar-refractivity contribution in [2.24, 2.45) is 0 Å². The summed E-state index contributed by atoms with van der Waals surface area (Å²) < 4.78 is 1.50. The lowest BCUT2D eigenvalue weighted by Crippen LogP contribution is -2.01. The van der Waals surface area contributed by atoms with E-state index in [1.165, 1.54) is 16.8 Å². The molecular formula is C10H9ClN4O3. The number of nitrogens with zero attached hydrogens (tertiary/aromatic N) is 4. The Morgan fingerprint density at radius 3 is 2.83 bits per heavy atom. The van der Waals surface area contributed by atoms with Crippen LogP contribution >= 0.6 is 11.6 Å². The zero-order valence-electron chi connectivity index (χ0n) is 9.15. The number of nitro benzene ring substituents is 1. The molecule has 0 unspecified atom stereocenters. The normalized spacial score (nSPS) is 10.6. The number of aliphatic hydroxyl groups excluding tert-OH is 1. The van der Waals surface area contributed by atoms with E-state index in [0.717, 1.165) is 0 Å². The van der Waals surface area contributed by atoms with Crippen molar-refractivity contribution < 1.29 is 10.0 Å². The maximum absolute atomic E-state index is 10.6. The molecule has 0 amide bonds. The lowest BCUT2D eigenvalue weighted by molar-refractivity contribution is -0.384. The van der Waals surface area contributed by atoms with Crippen LogP contribution in [0, 0.1) is 10.1 Å². The highest BCUT2D eigenvalue weighted by atomic mass is 35.5. The first-order valence-corrected chi connectivity index (χ1v) is 5.40. The number of benzene rings is 1. The minimum atomic E-state index is -0.505. The molecule has 7 nitrogen and oxygen atoms in total. The summed E-state index contributed by atoms with van der Waals surface area (Å²) in [5.41, 5.74) is 1.09. The molecule has 0 saturated heterocycles. The van der Waals surface area contributed by atoms with Gasteiger partial charge in [0.2, 0.25) is 0 Å². The van der Waals surface area contributed by atoms with Gasteiger partial charge in [0.05, 0.1) is 29.3 Å². The Balaban J connectivity index is 2.21. The third-order valence-electron chi connectivity index (χ3n) is 2.33. The first-order chi connectivity index (χ1) is 8.60. The van der Waals surface area contributed by atoms with Gasteiger partial charge in [0.1, 0.15) is 5.69 Å². The fourth-order valence-corrected chi connectivity index (χ4v) is 1.68. The molecule has 0 atom stereocenters. The number of hydrogen-bond acceptors (Lipinski definition) is 5. The molecule has 0 spiro atoms. The summed E-state index contributed by atoms with van der Waals surface area (Å²) in [5, 5.41) is 27.2. The predicted molar refractivity (Wildman–Crippen MR) is 63.2 cm³/mol. The van der Waals surface area contributed by atoms with Crippen LogP contribution in [0.15, 0.2) is 24.4 Å². The Labute approximate surface area is 107 Å². The Morgan fingerprint density at radius 2 is 2.28 bits per heavy atom. The van der Waals surface area contributed by atoms with E-state index in [-0.39, 0.29) is 12.3 Å². The molecule has 0 bridgehead atoms. The van der Waals surface area contributed by atoms with E-state index in [2.05, 4.69) is 10.3 Å². The lowest BCUT2D eigenvalue weighted by Gasteiger charge is -2.03. The second kappa shape index (κ2) is 5.11. The first kappa shape index (κ1) is 12.5. The average molecular weight is 269 g/mol. The third-order valence-corrected chi connectivity index (χ3v) is 2.68. The third kappa shape index (κ3) is 2.63. The second-order valence-electron chi connectivity index (χ2n) is 3.60. The maximum atomic E-state index is 10.6. The number of halogens is 1. The highest BCUT2D eigenvalue weighted by Crippen LogP contribution is 2.22. The van der Waals surface area contributed by atoms with Crippen molar-refractivity contribution in [3.63, 3.8) is 0 Å². The molecule has 1 aromatic carbocycles. The van der Waals surface area contributed by atoms with Crippen LogP contribution in [0.4, 0.5) is 5.69 Å². The first-order valence-electron chi connectivity index (χ1n) is 5.03. The van der Waals surface area contributed by atoms with Gasteiger partial charge in [-0.2, -0.15) is 0 Å². The predicted octanol–water partition coefficient (Wildman–Crippen LogP) is 1.38. The fourth-order valence-electron chi connectivity index (χ4n) is 1.44. The highest BCUT2D eigenvalue weighted by Gasteiger charge is 2.10. The Kier molecular flexibility index (Phi) is 3.54. The second-order valence-corrected chi connectivity index (χ2v) is 4.01. The molecule has 2 aromatic rings. The maximum Gasteiger partial charge on any atom is 0.270 e. The van der Waals surface area contributed by atoms with Gasteiger partial charge in [-0.25, -0.2) is 4.68 Å². The molecule has 0 aliphatic rings. The zero-order chi connectivity index (χ0) is 13.1. The molecule has 0 aliphatic heterocycles. The van der Waals surface area contributed by atoms with Gasteiger partial charge in [-0.3, -0.25) is 10.1 Å². The summed E-state index contributed by atoms with van der Waals surface area (Å²) in [5.74, 6) is 0. The van der Waals surface area contributed by atoms with Crippen LogP contribution in [0.3, 0.4) is 0 Å². The quantitative estimate of drug-likeness (QED) is 0.668. The Morgan fingerprint density at radius 1 is 1.50 bits per heavy atom. The van der Waals surface area contributed by atoms with Gasteiger partial charge < -0.3 is 5.11 Å². The van der Waals surface area contributed by atoms with Crippen LogP contribution in [0.1, 0.15) is 11.3 Å². The van der Waals surface area contributed by atoms with E-state index < -0.39 is 4.92 Å². The molecule has 8 heteroatoms. The summed E-state index contributed by atoms with van der Waals surface area (Å²) in [6.45, 7) is 0.151. The van der Waals surface area contributed by atoms with Crippen molar-refractivity contribution in [2.75, 3.05) is 0 Å². The molecule has 2 rings (SSSR count). The number of aliphatic hydroxyl groups is 1. The van der Waals surface area contributed by atoms with E-state index in [9.17, 15) is 10.1 Å². The molecule has 0 radical (unpaired) electrons. The lowest BCUT2D eigenvalue weighted by atomic mass is 10.2. The Bertz CT molecular complexity index is 584. The summed E-state index contributed by atoms with van der Waals surface area (Å²) in [6, 6.07) is 4.24. The van der Waals surface area contributed by atoms with Crippen LogP contribution in [0.5, 0.6) is 0 Å². The summed E-state index contributed by atoms with van der Waals surface area (Å²) in [7, 11) is 0. The smallest absolute Gasteiger partial charge is 0.270 e. The van der Waals surface area contributed by atoms with Crippen LogP contribution in [-0.2, 0) is 13.2 Å².